The third kappa shape index (κ3) is 2.47. The first-order valence-electron chi connectivity index (χ1n) is 6.62. The van der Waals surface area contributed by atoms with Crippen LogP contribution < -0.4 is 0 Å². The summed E-state index contributed by atoms with van der Waals surface area (Å²) in [6, 6.07) is 15.4. The number of rotatable bonds is 3. The van der Waals surface area contributed by atoms with Gasteiger partial charge in [-0.2, -0.15) is 4.39 Å². The Bertz CT molecular complexity index is 780. The molecule has 1 unspecified atom stereocenters. The average Bonchev–Trinajstić information content (AvgIpc) is 2.56. The molecule has 1 heterocycles. The highest BCUT2D eigenvalue weighted by molar-refractivity contribution is 6.30. The molecule has 0 spiro atoms. The minimum absolute atomic E-state index is 0.0106. The lowest BCUT2D eigenvalue weighted by Crippen LogP contribution is -2.30. The molecule has 5 heteroatoms. The van der Waals surface area contributed by atoms with Crippen molar-refractivity contribution in [1.82, 2.24) is 9.97 Å². The lowest BCUT2D eigenvalue weighted by Gasteiger charge is -2.29. The standard InChI is InChI=1S/C17H12ClFN2O/c18-14-8-6-13(7-9-14)17(22,12-4-2-1-3-5-12)15-10-20-11-21-16(15)19/h1-11,22H. The molecular weight excluding hydrogens is 303 g/mol. The predicted octanol–water partition coefficient (Wildman–Crippen LogP) is 3.55. The van der Waals surface area contributed by atoms with Crippen molar-refractivity contribution < 1.29 is 9.50 Å². The molecule has 2 aromatic carbocycles. The third-order valence-corrected chi connectivity index (χ3v) is 3.76. The molecule has 0 bridgehead atoms. The summed E-state index contributed by atoms with van der Waals surface area (Å²) >= 11 is 5.90. The summed E-state index contributed by atoms with van der Waals surface area (Å²) in [5.74, 6) is -0.767. The Balaban J connectivity index is 2.27. The van der Waals surface area contributed by atoms with E-state index in [0.717, 1.165) is 6.33 Å². The minimum atomic E-state index is -1.70. The predicted molar refractivity (Wildman–Crippen MR) is 82.0 cm³/mol. The summed E-state index contributed by atoms with van der Waals surface area (Å²) in [6.45, 7) is 0. The monoisotopic (exact) mass is 314 g/mol. The van der Waals surface area contributed by atoms with E-state index in [-0.39, 0.29) is 5.56 Å². The fourth-order valence-electron chi connectivity index (χ4n) is 2.41. The van der Waals surface area contributed by atoms with Crippen molar-refractivity contribution in [2.24, 2.45) is 0 Å². The van der Waals surface area contributed by atoms with E-state index in [4.69, 9.17) is 11.6 Å². The zero-order chi connectivity index (χ0) is 15.6. The van der Waals surface area contributed by atoms with Crippen molar-refractivity contribution in [2.45, 2.75) is 5.60 Å². The summed E-state index contributed by atoms with van der Waals surface area (Å²) in [4.78, 5) is 7.39. The number of aliphatic hydroxyl groups is 1. The molecule has 3 rings (SSSR count). The van der Waals surface area contributed by atoms with Gasteiger partial charge in [0.25, 0.3) is 0 Å². The van der Waals surface area contributed by atoms with Gasteiger partial charge in [-0.3, -0.25) is 0 Å². The Morgan fingerprint density at radius 1 is 0.955 bits per heavy atom. The van der Waals surface area contributed by atoms with Gasteiger partial charge >= 0.3 is 0 Å². The van der Waals surface area contributed by atoms with Crippen LogP contribution in [-0.4, -0.2) is 15.1 Å². The van der Waals surface area contributed by atoms with E-state index in [1.807, 2.05) is 6.07 Å². The van der Waals surface area contributed by atoms with Crippen LogP contribution in [0.5, 0.6) is 0 Å². The van der Waals surface area contributed by atoms with Gasteiger partial charge in [0, 0.05) is 11.2 Å². The molecule has 0 saturated heterocycles. The van der Waals surface area contributed by atoms with E-state index < -0.39 is 11.5 Å². The molecule has 3 aromatic rings. The molecule has 0 fully saturated rings. The molecule has 22 heavy (non-hydrogen) atoms. The zero-order valence-electron chi connectivity index (χ0n) is 11.4. The Hall–Kier alpha value is -2.30. The highest BCUT2D eigenvalue weighted by atomic mass is 35.5. The maximum Gasteiger partial charge on any atom is 0.222 e. The number of hydrogen-bond acceptors (Lipinski definition) is 3. The Labute approximate surface area is 132 Å². The van der Waals surface area contributed by atoms with Crippen molar-refractivity contribution in [3.05, 3.63) is 94.8 Å². The lowest BCUT2D eigenvalue weighted by atomic mass is 9.81. The van der Waals surface area contributed by atoms with E-state index in [1.54, 1.807) is 48.5 Å². The molecule has 0 aliphatic heterocycles. The second-order valence-electron chi connectivity index (χ2n) is 4.81. The van der Waals surface area contributed by atoms with Gasteiger partial charge in [0.2, 0.25) is 5.95 Å². The van der Waals surface area contributed by atoms with Crippen LogP contribution in [-0.2, 0) is 5.60 Å². The van der Waals surface area contributed by atoms with E-state index in [2.05, 4.69) is 9.97 Å². The molecule has 0 aliphatic carbocycles. The van der Waals surface area contributed by atoms with E-state index >= 15 is 0 Å². The summed E-state index contributed by atoms with van der Waals surface area (Å²) in [7, 11) is 0. The Morgan fingerprint density at radius 2 is 1.59 bits per heavy atom. The van der Waals surface area contributed by atoms with Crippen LogP contribution in [0.2, 0.25) is 5.02 Å². The van der Waals surface area contributed by atoms with Crippen molar-refractivity contribution in [1.29, 1.82) is 0 Å². The third-order valence-electron chi connectivity index (χ3n) is 3.51. The van der Waals surface area contributed by atoms with Crippen LogP contribution in [0.15, 0.2) is 67.1 Å². The van der Waals surface area contributed by atoms with Gasteiger partial charge < -0.3 is 5.11 Å². The van der Waals surface area contributed by atoms with E-state index in [1.165, 1.54) is 6.20 Å². The molecule has 0 aliphatic rings. The van der Waals surface area contributed by atoms with Crippen molar-refractivity contribution in [2.75, 3.05) is 0 Å². The first kappa shape index (κ1) is 14.6. The number of aromatic nitrogens is 2. The molecule has 0 saturated carbocycles. The minimum Gasteiger partial charge on any atom is -0.376 e. The fraction of sp³-hybridized carbons (Fsp3) is 0.0588. The van der Waals surface area contributed by atoms with Crippen LogP contribution in [0.3, 0.4) is 0 Å². The first-order chi connectivity index (χ1) is 10.6. The van der Waals surface area contributed by atoms with E-state index in [9.17, 15) is 9.50 Å². The van der Waals surface area contributed by atoms with Gasteiger partial charge in [0.1, 0.15) is 11.9 Å². The number of halogens is 2. The highest BCUT2D eigenvalue weighted by Crippen LogP contribution is 2.37. The molecule has 0 radical (unpaired) electrons. The quantitative estimate of drug-likeness (QED) is 0.752. The van der Waals surface area contributed by atoms with Crippen LogP contribution in [0.1, 0.15) is 16.7 Å². The van der Waals surface area contributed by atoms with Crippen molar-refractivity contribution in [3.8, 4) is 0 Å². The topological polar surface area (TPSA) is 46.0 Å². The van der Waals surface area contributed by atoms with Crippen LogP contribution >= 0.6 is 11.6 Å². The van der Waals surface area contributed by atoms with Gasteiger partial charge in [-0.25, -0.2) is 9.97 Å². The van der Waals surface area contributed by atoms with Crippen LogP contribution in [0.4, 0.5) is 4.39 Å². The number of benzene rings is 2. The maximum atomic E-state index is 14.2. The van der Waals surface area contributed by atoms with Gasteiger partial charge in [-0.1, -0.05) is 54.1 Å². The summed E-state index contributed by atoms with van der Waals surface area (Å²) < 4.78 is 14.2. The molecule has 1 atom stereocenters. The average molecular weight is 315 g/mol. The molecule has 3 nitrogen and oxygen atoms in total. The smallest absolute Gasteiger partial charge is 0.222 e. The Morgan fingerprint density at radius 3 is 2.23 bits per heavy atom. The normalized spacial score (nSPS) is 13.6. The molecule has 110 valence electrons. The summed E-state index contributed by atoms with van der Waals surface area (Å²) in [5.41, 5.74) is -0.705. The zero-order valence-corrected chi connectivity index (χ0v) is 12.2. The molecule has 0 amide bonds. The second-order valence-corrected chi connectivity index (χ2v) is 5.25. The highest BCUT2D eigenvalue weighted by Gasteiger charge is 2.37. The second kappa shape index (κ2) is 5.83. The van der Waals surface area contributed by atoms with Crippen molar-refractivity contribution in [3.63, 3.8) is 0 Å². The largest absolute Gasteiger partial charge is 0.376 e. The summed E-state index contributed by atoms with van der Waals surface area (Å²) in [5, 5.41) is 11.9. The molecule has 1 aromatic heterocycles. The fourth-order valence-corrected chi connectivity index (χ4v) is 2.53. The summed E-state index contributed by atoms with van der Waals surface area (Å²) in [6.07, 6.45) is 2.38. The van der Waals surface area contributed by atoms with Crippen molar-refractivity contribution >= 4 is 11.6 Å². The lowest BCUT2D eigenvalue weighted by molar-refractivity contribution is 0.119. The van der Waals surface area contributed by atoms with Crippen LogP contribution in [0, 0.1) is 5.95 Å². The maximum absolute atomic E-state index is 14.2. The van der Waals surface area contributed by atoms with Gasteiger partial charge in [0.15, 0.2) is 0 Å². The number of nitrogens with zero attached hydrogens (tertiary/aromatic N) is 2. The number of hydrogen-bond donors (Lipinski definition) is 1. The Kier molecular flexibility index (Phi) is 3.88. The molecular formula is C17H12ClFN2O. The van der Waals surface area contributed by atoms with Gasteiger partial charge in [0.05, 0.1) is 5.56 Å². The first-order valence-corrected chi connectivity index (χ1v) is 7.00. The van der Waals surface area contributed by atoms with E-state index in [0.29, 0.717) is 16.1 Å². The SMILES string of the molecule is OC(c1ccccc1)(c1ccc(Cl)cc1)c1cncnc1F. The molecule has 1 N–H and O–H groups in total. The van der Waals surface area contributed by atoms with Crippen LogP contribution in [0.25, 0.3) is 0 Å². The van der Waals surface area contributed by atoms with Gasteiger partial charge in [-0.05, 0) is 23.3 Å². The van der Waals surface area contributed by atoms with Gasteiger partial charge in [-0.15, -0.1) is 0 Å².